The van der Waals surface area contributed by atoms with Gasteiger partial charge in [0, 0.05) is 12.8 Å². The minimum absolute atomic E-state index is 0.0544. The molecule has 1 aliphatic rings. The van der Waals surface area contributed by atoms with Crippen molar-refractivity contribution in [2.75, 3.05) is 19.8 Å². The maximum atomic E-state index is 12.9. The molecule has 1 fully saturated rings. The molecule has 1 saturated carbocycles. The molecule has 9 N–H and O–H groups in total. The fourth-order valence-corrected chi connectivity index (χ4v) is 8.75. The van der Waals surface area contributed by atoms with Crippen LogP contribution in [0.5, 0.6) is 0 Å². The Morgan fingerprint density at radius 2 is 0.867 bits per heavy atom. The van der Waals surface area contributed by atoms with Crippen LogP contribution in [0, 0.1) is 0 Å². The van der Waals surface area contributed by atoms with Crippen LogP contribution in [-0.2, 0) is 41.8 Å². The minimum Gasteiger partial charge on any atom is -0.462 e. The van der Waals surface area contributed by atoms with Crippen molar-refractivity contribution in [3.05, 3.63) is 0 Å². The van der Waals surface area contributed by atoms with Crippen LogP contribution in [0.25, 0.3) is 0 Å². The first-order chi connectivity index (χ1) is 28.6. The number of hydrogen-bond acceptors (Lipinski definition) is 14. The lowest BCUT2D eigenvalue weighted by molar-refractivity contribution is -0.216. The molecule has 0 bridgehead atoms. The molecule has 0 spiro atoms. The summed E-state index contributed by atoms with van der Waals surface area (Å²) in [6, 6.07) is 0. The Kier molecular flexibility index (Phi) is 32.6. The molecule has 19 heteroatoms. The molecule has 1 rings (SSSR count). The van der Waals surface area contributed by atoms with Crippen LogP contribution in [0.4, 0.5) is 0 Å². The van der Waals surface area contributed by atoms with Crippen molar-refractivity contribution in [1.82, 2.24) is 0 Å². The van der Waals surface area contributed by atoms with Crippen molar-refractivity contribution < 1.29 is 76.9 Å². The number of nitrogens with two attached hydrogens (primary N) is 1. The number of esters is 2. The number of carbonyl (C=O) groups is 2. The standard InChI is InChI=1S/C41H81NO16P2/c1-2-3-4-5-6-7-8-10-14-17-20-23-26-29-35(44)56-33(31-54-34(43)28-25-22-19-16-13-11-9-12-15-18-21-24-27-30-42)32-55-60(52,53)58-41-38(47)36(45)40(37(46)39(41)48)57-59(49,50)51/h33,36-41,45-48H,2-32,42H2,1H3,(H,52,53)(H2,49,50,51)/t33-,36-,37+,38+,39?,40?,41?/m1/s1. The summed E-state index contributed by atoms with van der Waals surface area (Å²) in [6.45, 7) is 1.67. The monoisotopic (exact) mass is 906 g/mol. The van der Waals surface area contributed by atoms with Crippen molar-refractivity contribution in [2.45, 2.75) is 229 Å². The number of hydrogen-bond donors (Lipinski definition) is 8. The third kappa shape index (κ3) is 28.6. The Hall–Kier alpha value is -1.04. The molecule has 60 heavy (non-hydrogen) atoms. The molecular formula is C41H81NO16P2. The lowest BCUT2D eigenvalue weighted by Gasteiger charge is -2.43. The Morgan fingerprint density at radius 3 is 1.25 bits per heavy atom. The lowest BCUT2D eigenvalue weighted by atomic mass is 9.85. The number of unbranched alkanes of at least 4 members (excludes halogenated alkanes) is 24. The molecule has 0 saturated heterocycles. The van der Waals surface area contributed by atoms with E-state index in [0.717, 1.165) is 64.3 Å². The third-order valence-electron chi connectivity index (χ3n) is 10.8. The average Bonchev–Trinajstić information content (AvgIpc) is 3.20. The summed E-state index contributed by atoms with van der Waals surface area (Å²) in [4.78, 5) is 53.9. The predicted octanol–water partition coefficient (Wildman–Crippen LogP) is 6.78. The predicted molar refractivity (Wildman–Crippen MR) is 226 cm³/mol. The van der Waals surface area contributed by atoms with Gasteiger partial charge in [0.05, 0.1) is 6.61 Å². The number of ether oxygens (including phenoxy) is 2. The van der Waals surface area contributed by atoms with Gasteiger partial charge in [-0.3, -0.25) is 23.2 Å². The van der Waals surface area contributed by atoms with Gasteiger partial charge in [0.2, 0.25) is 0 Å². The van der Waals surface area contributed by atoms with Crippen LogP contribution in [0.3, 0.4) is 0 Å². The van der Waals surface area contributed by atoms with Crippen LogP contribution in [0.15, 0.2) is 0 Å². The van der Waals surface area contributed by atoms with Gasteiger partial charge in [-0.05, 0) is 25.8 Å². The second kappa shape index (κ2) is 34.4. The van der Waals surface area contributed by atoms with Gasteiger partial charge in [0.25, 0.3) is 0 Å². The van der Waals surface area contributed by atoms with E-state index < -0.39 is 83.5 Å². The van der Waals surface area contributed by atoms with E-state index in [1.54, 1.807) is 0 Å². The van der Waals surface area contributed by atoms with Gasteiger partial charge in [-0.1, -0.05) is 155 Å². The molecule has 0 aromatic heterocycles. The van der Waals surface area contributed by atoms with Gasteiger partial charge in [-0.15, -0.1) is 0 Å². The summed E-state index contributed by atoms with van der Waals surface area (Å²) < 4.78 is 49.1. The zero-order chi connectivity index (χ0) is 44.7. The Labute approximate surface area is 358 Å². The lowest BCUT2D eigenvalue weighted by Crippen LogP contribution is -2.64. The molecule has 0 aromatic carbocycles. The minimum atomic E-state index is -5.30. The second-order valence-corrected chi connectivity index (χ2v) is 18.9. The molecule has 0 radical (unpaired) electrons. The molecule has 0 aromatic rings. The summed E-state index contributed by atoms with van der Waals surface area (Å²) >= 11 is 0. The largest absolute Gasteiger partial charge is 0.472 e. The smallest absolute Gasteiger partial charge is 0.462 e. The molecule has 356 valence electrons. The summed E-state index contributed by atoms with van der Waals surface area (Å²) in [5.41, 5.74) is 5.53. The summed E-state index contributed by atoms with van der Waals surface area (Å²) in [5.74, 6) is -1.19. The van der Waals surface area contributed by atoms with Crippen LogP contribution in [0.1, 0.15) is 187 Å². The summed E-state index contributed by atoms with van der Waals surface area (Å²) in [7, 11) is -10.6. The highest BCUT2D eigenvalue weighted by atomic mass is 31.2. The van der Waals surface area contributed by atoms with Gasteiger partial charge in [0.15, 0.2) is 6.10 Å². The van der Waals surface area contributed by atoms with Crippen molar-refractivity contribution >= 4 is 27.6 Å². The van der Waals surface area contributed by atoms with Crippen LogP contribution >= 0.6 is 15.6 Å². The zero-order valence-corrected chi connectivity index (χ0v) is 38.0. The molecule has 17 nitrogen and oxygen atoms in total. The number of aliphatic hydroxyl groups is 4. The van der Waals surface area contributed by atoms with E-state index in [0.29, 0.717) is 12.8 Å². The van der Waals surface area contributed by atoms with E-state index in [-0.39, 0.29) is 12.8 Å². The van der Waals surface area contributed by atoms with Gasteiger partial charge in [-0.2, -0.15) is 0 Å². The van der Waals surface area contributed by atoms with E-state index in [1.807, 2.05) is 0 Å². The van der Waals surface area contributed by atoms with E-state index in [9.17, 15) is 44.0 Å². The van der Waals surface area contributed by atoms with Crippen molar-refractivity contribution in [1.29, 1.82) is 0 Å². The Balaban J connectivity index is 2.58. The van der Waals surface area contributed by atoms with Crippen molar-refractivity contribution in [3.63, 3.8) is 0 Å². The van der Waals surface area contributed by atoms with Gasteiger partial charge in [-0.25, -0.2) is 9.13 Å². The van der Waals surface area contributed by atoms with E-state index in [1.165, 1.54) is 96.3 Å². The highest BCUT2D eigenvalue weighted by Gasteiger charge is 2.54. The highest BCUT2D eigenvalue weighted by molar-refractivity contribution is 7.47. The van der Waals surface area contributed by atoms with Crippen molar-refractivity contribution in [3.8, 4) is 0 Å². The molecule has 0 aliphatic heterocycles. The summed E-state index contributed by atoms with van der Waals surface area (Å²) in [6.07, 6.45) is 14.5. The van der Waals surface area contributed by atoms with Crippen LogP contribution in [-0.4, -0.2) is 110 Å². The quantitative estimate of drug-likeness (QED) is 0.0179. The van der Waals surface area contributed by atoms with Gasteiger partial charge in [0.1, 0.15) is 43.2 Å². The molecule has 1 aliphatic carbocycles. The molecular weight excluding hydrogens is 824 g/mol. The van der Waals surface area contributed by atoms with E-state index in [2.05, 4.69) is 11.4 Å². The van der Waals surface area contributed by atoms with Crippen LogP contribution < -0.4 is 5.73 Å². The Bertz CT molecular complexity index is 1180. The number of rotatable bonds is 39. The van der Waals surface area contributed by atoms with E-state index >= 15 is 0 Å². The van der Waals surface area contributed by atoms with Gasteiger partial charge < -0.3 is 50.3 Å². The molecule has 8 atom stereocenters. The summed E-state index contributed by atoms with van der Waals surface area (Å²) in [5, 5.41) is 41.4. The number of aliphatic hydroxyl groups excluding tert-OH is 4. The van der Waals surface area contributed by atoms with E-state index in [4.69, 9.17) is 34.0 Å². The first-order valence-corrected chi connectivity index (χ1v) is 25.8. The molecule has 0 amide bonds. The number of phosphoric ester groups is 2. The highest BCUT2D eigenvalue weighted by Crippen LogP contribution is 2.48. The number of carbonyl (C=O) groups excluding carboxylic acids is 2. The first-order valence-electron chi connectivity index (χ1n) is 22.8. The zero-order valence-electron chi connectivity index (χ0n) is 36.2. The fraction of sp³-hybridized carbons (Fsp3) is 0.951. The van der Waals surface area contributed by atoms with Crippen molar-refractivity contribution in [2.24, 2.45) is 5.73 Å². The topological polar surface area (TPSA) is 282 Å². The maximum absolute atomic E-state index is 12.9. The molecule has 0 heterocycles. The Morgan fingerprint density at radius 1 is 0.517 bits per heavy atom. The fourth-order valence-electron chi connectivity index (χ4n) is 7.22. The number of phosphoric acid groups is 2. The normalized spacial score (nSPS) is 22.4. The van der Waals surface area contributed by atoms with Gasteiger partial charge >= 0.3 is 27.6 Å². The average molecular weight is 906 g/mol. The maximum Gasteiger partial charge on any atom is 0.472 e. The van der Waals surface area contributed by atoms with Crippen LogP contribution in [0.2, 0.25) is 0 Å². The molecule has 4 unspecified atom stereocenters. The second-order valence-electron chi connectivity index (χ2n) is 16.3. The SMILES string of the molecule is CCCCCCCCCCCCCCCC(=O)O[C@H](COC(=O)CCCCCCCCCCCCCCCN)COP(=O)(O)OC1C(O)[C@H](O)C(OP(=O)(O)O)[C@H](O)[C@@H]1O. The first kappa shape index (κ1) is 57.0. The third-order valence-corrected chi connectivity index (χ3v) is 12.3.